The van der Waals surface area contributed by atoms with Crippen LogP contribution >= 0.6 is 0 Å². The summed E-state index contributed by atoms with van der Waals surface area (Å²) in [5.74, 6) is 1.22. The molecule has 1 aromatic rings. The number of nitrogens with zero attached hydrogens (tertiary/aromatic N) is 1. The van der Waals surface area contributed by atoms with Crippen LogP contribution in [-0.4, -0.2) is 49.4 Å². The number of urea groups is 1. The fourth-order valence-electron chi connectivity index (χ4n) is 2.71. The fraction of sp³-hybridized carbons (Fsp3) is 0.588. The third kappa shape index (κ3) is 4.91. The largest absolute Gasteiger partial charge is 0.497 e. The van der Waals surface area contributed by atoms with Gasteiger partial charge >= 0.3 is 6.03 Å². The number of carbonyl (C=O) groups is 1. The molecule has 1 aliphatic rings. The predicted molar refractivity (Wildman–Crippen MR) is 86.1 cm³/mol. The van der Waals surface area contributed by atoms with E-state index in [1.54, 1.807) is 7.11 Å². The standard InChI is InChI=1S/C17H26N2O3/c1-22-16-6-4-14(5-7-16)3-2-10-18-17(21)19-11-8-15(13-20)9-12-19/h4-7,15,20H,2-3,8-13H2,1H3,(H,18,21). The summed E-state index contributed by atoms with van der Waals surface area (Å²) in [6.45, 7) is 2.41. The number of carbonyl (C=O) groups excluding carboxylic acids is 1. The molecule has 122 valence electrons. The highest BCUT2D eigenvalue weighted by Crippen LogP contribution is 2.16. The Kier molecular flexibility index (Phi) is 6.52. The second kappa shape index (κ2) is 8.63. The van der Waals surface area contributed by atoms with Gasteiger partial charge in [0.05, 0.1) is 7.11 Å². The molecule has 0 aromatic heterocycles. The highest BCUT2D eigenvalue weighted by Gasteiger charge is 2.21. The highest BCUT2D eigenvalue weighted by molar-refractivity contribution is 5.74. The zero-order valence-corrected chi connectivity index (χ0v) is 13.3. The number of benzene rings is 1. The van der Waals surface area contributed by atoms with Crippen LogP contribution in [0, 0.1) is 5.92 Å². The summed E-state index contributed by atoms with van der Waals surface area (Å²) >= 11 is 0. The molecule has 1 aromatic carbocycles. The Labute approximate surface area is 132 Å². The van der Waals surface area contributed by atoms with Gasteiger partial charge in [-0.05, 0) is 49.3 Å². The third-order valence-electron chi connectivity index (χ3n) is 4.24. The molecule has 0 bridgehead atoms. The molecular formula is C17H26N2O3. The van der Waals surface area contributed by atoms with E-state index in [-0.39, 0.29) is 12.6 Å². The summed E-state index contributed by atoms with van der Waals surface area (Å²) in [4.78, 5) is 13.9. The lowest BCUT2D eigenvalue weighted by Gasteiger charge is -2.31. The van der Waals surface area contributed by atoms with Crippen LogP contribution in [0.15, 0.2) is 24.3 Å². The SMILES string of the molecule is COc1ccc(CCCNC(=O)N2CCC(CO)CC2)cc1. The van der Waals surface area contributed by atoms with E-state index in [2.05, 4.69) is 17.4 Å². The van der Waals surface area contributed by atoms with Gasteiger partial charge in [-0.25, -0.2) is 4.79 Å². The maximum Gasteiger partial charge on any atom is 0.317 e. The molecule has 2 rings (SSSR count). The van der Waals surface area contributed by atoms with Crippen molar-refractivity contribution in [2.24, 2.45) is 5.92 Å². The average molecular weight is 306 g/mol. The monoisotopic (exact) mass is 306 g/mol. The number of rotatable bonds is 6. The summed E-state index contributed by atoms with van der Waals surface area (Å²) < 4.78 is 5.13. The third-order valence-corrected chi connectivity index (χ3v) is 4.24. The molecule has 22 heavy (non-hydrogen) atoms. The Morgan fingerprint density at radius 2 is 2.00 bits per heavy atom. The predicted octanol–water partition coefficient (Wildman–Crippen LogP) is 2.04. The quantitative estimate of drug-likeness (QED) is 0.791. The molecule has 5 heteroatoms. The number of hydrogen-bond donors (Lipinski definition) is 2. The fourth-order valence-corrected chi connectivity index (χ4v) is 2.71. The molecule has 1 aliphatic heterocycles. The topological polar surface area (TPSA) is 61.8 Å². The van der Waals surface area contributed by atoms with Crippen molar-refractivity contribution < 1.29 is 14.6 Å². The number of likely N-dealkylation sites (tertiary alicyclic amines) is 1. The van der Waals surface area contributed by atoms with E-state index in [1.807, 2.05) is 17.0 Å². The molecule has 1 fully saturated rings. The molecule has 0 spiro atoms. The van der Waals surface area contributed by atoms with Crippen molar-refractivity contribution in [1.82, 2.24) is 10.2 Å². The van der Waals surface area contributed by atoms with E-state index in [4.69, 9.17) is 9.84 Å². The molecule has 0 unspecified atom stereocenters. The molecule has 0 atom stereocenters. The molecule has 1 saturated heterocycles. The van der Waals surface area contributed by atoms with E-state index in [0.717, 1.165) is 44.5 Å². The van der Waals surface area contributed by atoms with Crippen LogP contribution < -0.4 is 10.1 Å². The first-order chi connectivity index (χ1) is 10.7. The van der Waals surface area contributed by atoms with E-state index in [9.17, 15) is 4.79 Å². The Morgan fingerprint density at radius 3 is 2.59 bits per heavy atom. The van der Waals surface area contributed by atoms with Gasteiger partial charge in [0.15, 0.2) is 0 Å². The first-order valence-electron chi connectivity index (χ1n) is 7.99. The number of nitrogens with one attached hydrogen (secondary N) is 1. The van der Waals surface area contributed by atoms with Gasteiger partial charge in [0.1, 0.15) is 5.75 Å². The summed E-state index contributed by atoms with van der Waals surface area (Å²) in [6, 6.07) is 8.05. The van der Waals surface area contributed by atoms with Gasteiger partial charge < -0.3 is 20.1 Å². The summed E-state index contributed by atoms with van der Waals surface area (Å²) in [7, 11) is 1.66. The number of aryl methyl sites for hydroxylation is 1. The van der Waals surface area contributed by atoms with E-state index in [0.29, 0.717) is 12.5 Å². The lowest BCUT2D eigenvalue weighted by atomic mass is 9.98. The van der Waals surface area contributed by atoms with Crippen LogP contribution in [0.2, 0.25) is 0 Å². The lowest BCUT2D eigenvalue weighted by molar-refractivity contribution is 0.137. The molecule has 0 aliphatic carbocycles. The van der Waals surface area contributed by atoms with Crippen LogP contribution in [0.1, 0.15) is 24.8 Å². The van der Waals surface area contributed by atoms with Gasteiger partial charge in [-0.2, -0.15) is 0 Å². The zero-order chi connectivity index (χ0) is 15.8. The second-order valence-electron chi connectivity index (χ2n) is 5.80. The van der Waals surface area contributed by atoms with Gasteiger partial charge in [-0.15, -0.1) is 0 Å². The molecular weight excluding hydrogens is 280 g/mol. The van der Waals surface area contributed by atoms with Crippen LogP contribution in [0.3, 0.4) is 0 Å². The number of hydrogen-bond acceptors (Lipinski definition) is 3. The Balaban J connectivity index is 1.62. The van der Waals surface area contributed by atoms with Crippen LogP contribution in [0.25, 0.3) is 0 Å². The summed E-state index contributed by atoms with van der Waals surface area (Å²) in [5.41, 5.74) is 1.25. The van der Waals surface area contributed by atoms with Crippen molar-refractivity contribution >= 4 is 6.03 Å². The van der Waals surface area contributed by atoms with E-state index < -0.39 is 0 Å². The van der Waals surface area contributed by atoms with Crippen LogP contribution in [0.4, 0.5) is 4.79 Å². The molecule has 1 heterocycles. The zero-order valence-electron chi connectivity index (χ0n) is 13.3. The molecule has 0 radical (unpaired) electrons. The smallest absolute Gasteiger partial charge is 0.317 e. The number of amides is 2. The Hall–Kier alpha value is -1.75. The lowest BCUT2D eigenvalue weighted by Crippen LogP contribution is -2.45. The normalized spacial score (nSPS) is 15.6. The summed E-state index contributed by atoms with van der Waals surface area (Å²) in [6.07, 6.45) is 3.66. The van der Waals surface area contributed by atoms with Crippen molar-refractivity contribution in [2.45, 2.75) is 25.7 Å². The molecule has 2 N–H and O–H groups in total. The summed E-state index contributed by atoms with van der Waals surface area (Å²) in [5, 5.41) is 12.1. The number of ether oxygens (including phenoxy) is 1. The van der Waals surface area contributed by atoms with Crippen LogP contribution in [-0.2, 0) is 6.42 Å². The van der Waals surface area contributed by atoms with Crippen molar-refractivity contribution in [1.29, 1.82) is 0 Å². The van der Waals surface area contributed by atoms with Crippen LogP contribution in [0.5, 0.6) is 5.75 Å². The number of methoxy groups -OCH3 is 1. The second-order valence-corrected chi connectivity index (χ2v) is 5.80. The minimum Gasteiger partial charge on any atom is -0.497 e. The molecule has 5 nitrogen and oxygen atoms in total. The first-order valence-corrected chi connectivity index (χ1v) is 7.99. The van der Waals surface area contributed by atoms with Gasteiger partial charge in [0.2, 0.25) is 0 Å². The maximum atomic E-state index is 12.0. The molecule has 0 saturated carbocycles. The first kappa shape index (κ1) is 16.6. The van der Waals surface area contributed by atoms with Gasteiger partial charge in [-0.1, -0.05) is 12.1 Å². The minimum absolute atomic E-state index is 0.0196. The number of piperidine rings is 1. The average Bonchev–Trinajstić information content (AvgIpc) is 2.59. The number of aliphatic hydroxyl groups excluding tert-OH is 1. The van der Waals surface area contributed by atoms with Crippen molar-refractivity contribution in [3.05, 3.63) is 29.8 Å². The van der Waals surface area contributed by atoms with Crippen molar-refractivity contribution in [3.8, 4) is 5.75 Å². The number of aliphatic hydroxyl groups is 1. The van der Waals surface area contributed by atoms with E-state index >= 15 is 0 Å². The van der Waals surface area contributed by atoms with Gasteiger partial charge in [-0.3, -0.25) is 0 Å². The van der Waals surface area contributed by atoms with E-state index in [1.165, 1.54) is 5.56 Å². The Morgan fingerprint density at radius 1 is 1.32 bits per heavy atom. The minimum atomic E-state index is 0.0196. The maximum absolute atomic E-state index is 12.0. The van der Waals surface area contributed by atoms with Crippen molar-refractivity contribution in [3.63, 3.8) is 0 Å². The Bertz CT molecular complexity index is 453. The van der Waals surface area contributed by atoms with Gasteiger partial charge in [0.25, 0.3) is 0 Å². The van der Waals surface area contributed by atoms with Crippen molar-refractivity contribution in [2.75, 3.05) is 33.4 Å². The highest BCUT2D eigenvalue weighted by atomic mass is 16.5. The van der Waals surface area contributed by atoms with Gasteiger partial charge in [0, 0.05) is 26.2 Å². The molecule has 2 amide bonds.